The molecule has 2 N–H and O–H groups in total. The highest BCUT2D eigenvalue weighted by Gasteiger charge is 2.17. The molecule has 2 aromatic rings. The number of nitrogens with one attached hydrogen (secondary N) is 2. The maximum absolute atomic E-state index is 12.2. The molecule has 0 aliphatic carbocycles. The van der Waals surface area contributed by atoms with Gasteiger partial charge in [-0.1, -0.05) is 48.2 Å². The number of amides is 1. The molecule has 7 heteroatoms. The first-order valence-electron chi connectivity index (χ1n) is 7.37. The quantitative estimate of drug-likeness (QED) is 0.561. The van der Waals surface area contributed by atoms with Crippen LogP contribution in [0.2, 0.25) is 0 Å². The van der Waals surface area contributed by atoms with E-state index in [4.69, 9.17) is 0 Å². The van der Waals surface area contributed by atoms with Gasteiger partial charge in [0.15, 0.2) is 4.34 Å². The normalized spacial score (nSPS) is 11.7. The topological polar surface area (TPSA) is 66.9 Å². The van der Waals surface area contributed by atoms with E-state index in [-0.39, 0.29) is 11.2 Å². The van der Waals surface area contributed by atoms with E-state index in [1.807, 2.05) is 31.2 Å². The Hall–Kier alpha value is -1.86. The molecule has 23 heavy (non-hydrogen) atoms. The SMILES string of the molecule is C=CCNc1nnc(SC(C)C(=O)Nc2ccc(CC)cc2)s1. The average Bonchev–Trinajstić information content (AvgIpc) is 3.01. The molecular weight excluding hydrogens is 328 g/mol. The molecule has 1 atom stereocenters. The molecule has 0 spiro atoms. The molecular formula is C16H20N4OS2. The summed E-state index contributed by atoms with van der Waals surface area (Å²) in [5.74, 6) is -0.0463. The lowest BCUT2D eigenvalue weighted by molar-refractivity contribution is -0.115. The Bertz CT molecular complexity index is 654. The van der Waals surface area contributed by atoms with E-state index in [9.17, 15) is 4.79 Å². The summed E-state index contributed by atoms with van der Waals surface area (Å²) in [6, 6.07) is 7.90. The van der Waals surface area contributed by atoms with Gasteiger partial charge in [-0.05, 0) is 31.0 Å². The van der Waals surface area contributed by atoms with Crippen molar-refractivity contribution in [2.75, 3.05) is 17.2 Å². The second-order valence-corrected chi connectivity index (χ2v) is 7.41. The highest BCUT2D eigenvalue weighted by atomic mass is 32.2. The van der Waals surface area contributed by atoms with Crippen molar-refractivity contribution in [1.29, 1.82) is 0 Å². The van der Waals surface area contributed by atoms with E-state index in [1.54, 1.807) is 6.08 Å². The molecule has 1 aromatic carbocycles. The molecule has 1 heterocycles. The van der Waals surface area contributed by atoms with E-state index in [0.717, 1.165) is 21.6 Å². The second kappa shape index (κ2) is 8.69. The van der Waals surface area contributed by atoms with Crippen LogP contribution in [0.4, 0.5) is 10.8 Å². The van der Waals surface area contributed by atoms with Crippen LogP contribution in [0, 0.1) is 0 Å². The number of carbonyl (C=O) groups excluding carboxylic acids is 1. The Morgan fingerprint density at radius 1 is 1.39 bits per heavy atom. The largest absolute Gasteiger partial charge is 0.357 e. The summed E-state index contributed by atoms with van der Waals surface area (Å²) in [4.78, 5) is 12.2. The van der Waals surface area contributed by atoms with Gasteiger partial charge in [0.05, 0.1) is 5.25 Å². The summed E-state index contributed by atoms with van der Waals surface area (Å²) in [6.45, 7) is 8.25. The van der Waals surface area contributed by atoms with Gasteiger partial charge in [-0.3, -0.25) is 4.79 Å². The number of rotatable bonds is 8. The summed E-state index contributed by atoms with van der Waals surface area (Å²) in [6.07, 6.45) is 2.74. The van der Waals surface area contributed by atoms with Gasteiger partial charge in [-0.15, -0.1) is 16.8 Å². The van der Waals surface area contributed by atoms with Gasteiger partial charge in [0.25, 0.3) is 0 Å². The number of thioether (sulfide) groups is 1. The molecule has 0 saturated heterocycles. The summed E-state index contributed by atoms with van der Waals surface area (Å²) in [5, 5.41) is 14.6. The fourth-order valence-corrected chi connectivity index (χ4v) is 3.66. The number of nitrogens with zero attached hydrogens (tertiary/aromatic N) is 2. The van der Waals surface area contributed by atoms with Crippen molar-refractivity contribution in [3.63, 3.8) is 0 Å². The maximum Gasteiger partial charge on any atom is 0.237 e. The molecule has 1 aromatic heterocycles. The second-order valence-electron chi connectivity index (χ2n) is 4.84. The molecule has 0 aliphatic rings. The van der Waals surface area contributed by atoms with Crippen LogP contribution in [-0.2, 0) is 11.2 Å². The number of aryl methyl sites for hydroxylation is 1. The summed E-state index contributed by atoms with van der Waals surface area (Å²) < 4.78 is 0.764. The summed E-state index contributed by atoms with van der Waals surface area (Å²) in [5.41, 5.74) is 2.06. The number of carbonyl (C=O) groups is 1. The number of benzene rings is 1. The van der Waals surface area contributed by atoms with Crippen molar-refractivity contribution in [1.82, 2.24) is 10.2 Å². The fraction of sp³-hybridized carbons (Fsp3) is 0.312. The van der Waals surface area contributed by atoms with Crippen LogP contribution < -0.4 is 10.6 Å². The first-order valence-corrected chi connectivity index (χ1v) is 9.06. The van der Waals surface area contributed by atoms with Crippen LogP contribution in [0.25, 0.3) is 0 Å². The first kappa shape index (κ1) is 17.5. The molecule has 0 fully saturated rings. The number of hydrogen-bond acceptors (Lipinski definition) is 6. The Balaban J connectivity index is 1.88. The van der Waals surface area contributed by atoms with Gasteiger partial charge in [0.2, 0.25) is 11.0 Å². The van der Waals surface area contributed by atoms with Crippen molar-refractivity contribution in [3.8, 4) is 0 Å². The zero-order chi connectivity index (χ0) is 16.7. The standard InChI is InChI=1S/C16H20N4OS2/c1-4-10-17-15-19-20-16(23-15)22-11(3)14(21)18-13-8-6-12(5-2)7-9-13/h4,6-9,11H,1,5,10H2,2-3H3,(H,17,19)(H,18,21). The summed E-state index contributed by atoms with van der Waals surface area (Å²) >= 11 is 2.83. The Morgan fingerprint density at radius 2 is 2.13 bits per heavy atom. The lowest BCUT2D eigenvalue weighted by atomic mass is 10.1. The van der Waals surface area contributed by atoms with Crippen molar-refractivity contribution in [3.05, 3.63) is 42.5 Å². The molecule has 5 nitrogen and oxygen atoms in total. The highest BCUT2D eigenvalue weighted by molar-refractivity contribution is 8.02. The third-order valence-corrected chi connectivity index (χ3v) is 5.15. The smallest absolute Gasteiger partial charge is 0.237 e. The van der Waals surface area contributed by atoms with Crippen molar-refractivity contribution < 1.29 is 4.79 Å². The Kier molecular flexibility index (Phi) is 6.61. The Morgan fingerprint density at radius 3 is 2.78 bits per heavy atom. The zero-order valence-electron chi connectivity index (χ0n) is 13.2. The number of aromatic nitrogens is 2. The molecule has 2 rings (SSSR count). The first-order chi connectivity index (χ1) is 11.1. The van der Waals surface area contributed by atoms with E-state index in [1.165, 1.54) is 28.7 Å². The van der Waals surface area contributed by atoms with Gasteiger partial charge in [-0.25, -0.2) is 0 Å². The van der Waals surface area contributed by atoms with Gasteiger partial charge in [0, 0.05) is 12.2 Å². The van der Waals surface area contributed by atoms with E-state index in [0.29, 0.717) is 6.54 Å². The maximum atomic E-state index is 12.2. The lowest BCUT2D eigenvalue weighted by Gasteiger charge is -2.10. The molecule has 1 unspecified atom stereocenters. The third kappa shape index (κ3) is 5.37. The number of anilines is 2. The van der Waals surface area contributed by atoms with E-state index < -0.39 is 0 Å². The van der Waals surface area contributed by atoms with E-state index >= 15 is 0 Å². The molecule has 122 valence electrons. The lowest BCUT2D eigenvalue weighted by Crippen LogP contribution is -2.22. The number of hydrogen-bond donors (Lipinski definition) is 2. The van der Waals surface area contributed by atoms with Crippen LogP contribution in [0.15, 0.2) is 41.3 Å². The zero-order valence-corrected chi connectivity index (χ0v) is 14.8. The van der Waals surface area contributed by atoms with Crippen molar-refractivity contribution in [2.24, 2.45) is 0 Å². The molecule has 0 radical (unpaired) electrons. The van der Waals surface area contributed by atoms with Crippen LogP contribution in [0.3, 0.4) is 0 Å². The summed E-state index contributed by atoms with van der Waals surface area (Å²) in [7, 11) is 0. The van der Waals surface area contributed by atoms with Crippen LogP contribution in [0.1, 0.15) is 19.4 Å². The molecule has 0 saturated carbocycles. The molecule has 0 bridgehead atoms. The average molecular weight is 348 g/mol. The van der Waals surface area contributed by atoms with Gasteiger partial charge in [-0.2, -0.15) is 0 Å². The van der Waals surface area contributed by atoms with E-state index in [2.05, 4.69) is 34.3 Å². The minimum Gasteiger partial charge on any atom is -0.357 e. The fourth-order valence-electron chi connectivity index (χ4n) is 1.76. The van der Waals surface area contributed by atoms with Crippen molar-refractivity contribution >= 4 is 39.8 Å². The van der Waals surface area contributed by atoms with Crippen LogP contribution in [0.5, 0.6) is 0 Å². The van der Waals surface area contributed by atoms with Gasteiger partial charge >= 0.3 is 0 Å². The Labute approximate surface area is 144 Å². The van der Waals surface area contributed by atoms with Gasteiger partial charge < -0.3 is 10.6 Å². The highest BCUT2D eigenvalue weighted by Crippen LogP contribution is 2.29. The van der Waals surface area contributed by atoms with Crippen molar-refractivity contribution in [2.45, 2.75) is 29.9 Å². The molecule has 1 amide bonds. The van der Waals surface area contributed by atoms with Gasteiger partial charge in [0.1, 0.15) is 0 Å². The predicted octanol–water partition coefficient (Wildman–Crippen LogP) is 3.82. The van der Waals surface area contributed by atoms with Crippen LogP contribution in [-0.4, -0.2) is 27.9 Å². The molecule has 0 aliphatic heterocycles. The minimum absolute atomic E-state index is 0.0463. The predicted molar refractivity (Wildman–Crippen MR) is 98.4 cm³/mol. The third-order valence-electron chi connectivity index (χ3n) is 3.08. The minimum atomic E-state index is -0.249. The van der Waals surface area contributed by atoms with Crippen LogP contribution >= 0.6 is 23.1 Å². The monoisotopic (exact) mass is 348 g/mol.